The van der Waals surface area contributed by atoms with Crippen molar-refractivity contribution in [2.75, 3.05) is 0 Å². The number of rotatable bonds is 5. The van der Waals surface area contributed by atoms with E-state index in [1.807, 2.05) is 24.4 Å². The molecule has 3 heteroatoms. The van der Waals surface area contributed by atoms with E-state index in [1.165, 1.54) is 5.56 Å². The molecule has 2 nitrogen and oxygen atoms in total. The maximum absolute atomic E-state index is 11.9. The average Bonchev–Trinajstić information content (AvgIpc) is 2.75. The minimum absolute atomic E-state index is 0.226. The Bertz CT molecular complexity index is 528. The van der Waals surface area contributed by atoms with E-state index in [0.29, 0.717) is 12.8 Å². The van der Waals surface area contributed by atoms with Crippen LogP contribution in [0.25, 0.3) is 0 Å². The minimum Gasteiger partial charge on any atom is -0.299 e. The third kappa shape index (κ3) is 3.50. The number of ketones is 1. The van der Waals surface area contributed by atoms with E-state index < -0.39 is 0 Å². The molecule has 2 aromatic rings. The molecule has 0 spiro atoms. The maximum atomic E-state index is 11.9. The molecule has 0 aliphatic rings. The van der Waals surface area contributed by atoms with Gasteiger partial charge in [-0.3, -0.25) is 4.79 Å². The van der Waals surface area contributed by atoms with Gasteiger partial charge in [0, 0.05) is 18.2 Å². The highest BCUT2D eigenvalue weighted by Gasteiger charge is 2.07. The van der Waals surface area contributed by atoms with Gasteiger partial charge >= 0.3 is 0 Å². The summed E-state index contributed by atoms with van der Waals surface area (Å²) >= 11 is 1.59. The number of thiazole rings is 1. The smallest absolute Gasteiger partial charge is 0.143 e. The number of nitrogens with zero attached hydrogens (tertiary/aromatic N) is 1. The zero-order chi connectivity index (χ0) is 13.0. The van der Waals surface area contributed by atoms with Crippen LogP contribution in [0.2, 0.25) is 0 Å². The lowest BCUT2D eigenvalue weighted by molar-refractivity contribution is -0.117. The van der Waals surface area contributed by atoms with Crippen LogP contribution in [0, 0.1) is 6.92 Å². The van der Waals surface area contributed by atoms with Crippen molar-refractivity contribution < 1.29 is 4.79 Å². The van der Waals surface area contributed by atoms with Crippen molar-refractivity contribution in [2.24, 2.45) is 0 Å². The molecule has 0 aliphatic carbocycles. The molecule has 0 aliphatic heterocycles. The van der Waals surface area contributed by atoms with Crippen molar-refractivity contribution in [1.29, 1.82) is 0 Å². The van der Waals surface area contributed by atoms with Gasteiger partial charge in [-0.1, -0.05) is 31.2 Å². The van der Waals surface area contributed by atoms with Gasteiger partial charge in [-0.15, -0.1) is 11.3 Å². The molecule has 0 fully saturated rings. The highest BCUT2D eigenvalue weighted by molar-refractivity contribution is 7.09. The molecule has 1 heterocycles. The van der Waals surface area contributed by atoms with Crippen molar-refractivity contribution >= 4 is 17.1 Å². The first kappa shape index (κ1) is 13.0. The van der Waals surface area contributed by atoms with Crippen LogP contribution in [0.5, 0.6) is 0 Å². The number of carbonyl (C=O) groups excluding carboxylic acids is 1. The second-order valence-electron chi connectivity index (χ2n) is 4.42. The van der Waals surface area contributed by atoms with Crippen LogP contribution in [0.1, 0.15) is 28.8 Å². The molecular formula is C15H17NOS. The fraction of sp³-hybridized carbons (Fsp3) is 0.333. The molecule has 1 aromatic carbocycles. The van der Waals surface area contributed by atoms with Crippen molar-refractivity contribution in [3.8, 4) is 0 Å². The second kappa shape index (κ2) is 5.91. The summed E-state index contributed by atoms with van der Waals surface area (Å²) in [5.74, 6) is 0.226. The number of Topliss-reactive ketones (excluding diaryl/α,β-unsaturated/α-hetero) is 1. The molecule has 0 saturated heterocycles. The molecule has 0 N–H and O–H groups in total. The summed E-state index contributed by atoms with van der Waals surface area (Å²) in [7, 11) is 0. The van der Waals surface area contributed by atoms with Gasteiger partial charge in [-0.25, -0.2) is 4.98 Å². The first-order valence-corrected chi connectivity index (χ1v) is 7.06. The molecule has 94 valence electrons. The van der Waals surface area contributed by atoms with E-state index in [-0.39, 0.29) is 5.78 Å². The number of aromatic nitrogens is 1. The van der Waals surface area contributed by atoms with E-state index in [1.54, 1.807) is 11.3 Å². The van der Waals surface area contributed by atoms with Gasteiger partial charge in [-0.2, -0.15) is 0 Å². The van der Waals surface area contributed by atoms with Crippen LogP contribution in [0.3, 0.4) is 0 Å². The van der Waals surface area contributed by atoms with Gasteiger partial charge in [0.05, 0.1) is 10.7 Å². The van der Waals surface area contributed by atoms with Gasteiger partial charge in [0.2, 0.25) is 0 Å². The highest BCUT2D eigenvalue weighted by Crippen LogP contribution is 2.11. The lowest BCUT2D eigenvalue weighted by Gasteiger charge is -2.01. The molecule has 0 atom stereocenters. The number of carbonyl (C=O) groups is 1. The van der Waals surface area contributed by atoms with Gasteiger partial charge < -0.3 is 0 Å². The number of aryl methyl sites for hydroxylation is 2. The summed E-state index contributed by atoms with van der Waals surface area (Å²) in [6.45, 7) is 4.09. The van der Waals surface area contributed by atoms with E-state index in [9.17, 15) is 4.79 Å². The second-order valence-corrected chi connectivity index (χ2v) is 5.48. The van der Waals surface area contributed by atoms with Crippen LogP contribution in [-0.2, 0) is 24.1 Å². The van der Waals surface area contributed by atoms with Crippen LogP contribution < -0.4 is 0 Å². The number of benzene rings is 1. The molecule has 0 radical (unpaired) electrons. The molecule has 18 heavy (non-hydrogen) atoms. The zero-order valence-electron chi connectivity index (χ0n) is 10.8. The van der Waals surface area contributed by atoms with Crippen LogP contribution in [0.15, 0.2) is 29.6 Å². The topological polar surface area (TPSA) is 30.0 Å². The van der Waals surface area contributed by atoms with Crippen molar-refractivity contribution in [3.63, 3.8) is 0 Å². The summed E-state index contributed by atoms with van der Waals surface area (Å²) in [4.78, 5) is 16.2. The Morgan fingerprint density at radius 3 is 2.39 bits per heavy atom. The third-order valence-corrected chi connectivity index (χ3v) is 3.70. The summed E-state index contributed by atoms with van der Waals surface area (Å²) in [5, 5.41) is 2.98. The molecule has 2 rings (SSSR count). The largest absolute Gasteiger partial charge is 0.299 e. The monoisotopic (exact) mass is 259 g/mol. The SMILES string of the molecule is CCc1ccc(CC(=O)Cc2csc(C)n2)cc1. The summed E-state index contributed by atoms with van der Waals surface area (Å²) in [6.07, 6.45) is 1.98. The Morgan fingerprint density at radius 2 is 1.83 bits per heavy atom. The zero-order valence-corrected chi connectivity index (χ0v) is 11.6. The Morgan fingerprint density at radius 1 is 1.17 bits per heavy atom. The number of hydrogen-bond acceptors (Lipinski definition) is 3. The molecule has 0 amide bonds. The first-order chi connectivity index (χ1) is 8.67. The fourth-order valence-electron chi connectivity index (χ4n) is 1.87. The first-order valence-electron chi connectivity index (χ1n) is 6.18. The van der Waals surface area contributed by atoms with E-state index in [2.05, 4.69) is 24.0 Å². The van der Waals surface area contributed by atoms with Gasteiger partial charge in [-0.05, 0) is 24.5 Å². The van der Waals surface area contributed by atoms with E-state index >= 15 is 0 Å². The molecule has 0 saturated carbocycles. The third-order valence-electron chi connectivity index (χ3n) is 2.88. The van der Waals surface area contributed by atoms with Crippen LogP contribution >= 0.6 is 11.3 Å². The van der Waals surface area contributed by atoms with Crippen molar-refractivity contribution in [3.05, 3.63) is 51.5 Å². The number of hydrogen-bond donors (Lipinski definition) is 0. The van der Waals surface area contributed by atoms with E-state index in [4.69, 9.17) is 0 Å². The lowest BCUT2D eigenvalue weighted by Crippen LogP contribution is -2.06. The van der Waals surface area contributed by atoms with Crippen LogP contribution in [0.4, 0.5) is 0 Å². The highest BCUT2D eigenvalue weighted by atomic mass is 32.1. The standard InChI is InChI=1S/C15H17NOS/c1-3-12-4-6-13(7-5-12)8-15(17)9-14-10-18-11(2)16-14/h4-7,10H,3,8-9H2,1-2H3. The summed E-state index contributed by atoms with van der Waals surface area (Å²) < 4.78 is 0. The normalized spacial score (nSPS) is 10.6. The van der Waals surface area contributed by atoms with Crippen molar-refractivity contribution in [1.82, 2.24) is 4.98 Å². The Labute approximate surface area is 112 Å². The Hall–Kier alpha value is -1.48. The molecule has 0 bridgehead atoms. The average molecular weight is 259 g/mol. The Balaban J connectivity index is 1.94. The van der Waals surface area contributed by atoms with E-state index in [0.717, 1.165) is 22.7 Å². The van der Waals surface area contributed by atoms with Crippen LogP contribution in [-0.4, -0.2) is 10.8 Å². The fourth-order valence-corrected chi connectivity index (χ4v) is 2.49. The van der Waals surface area contributed by atoms with Gasteiger partial charge in [0.15, 0.2) is 0 Å². The lowest BCUT2D eigenvalue weighted by atomic mass is 10.0. The predicted molar refractivity (Wildman–Crippen MR) is 75.1 cm³/mol. The Kier molecular flexibility index (Phi) is 4.26. The minimum atomic E-state index is 0.226. The molecular weight excluding hydrogens is 242 g/mol. The quantitative estimate of drug-likeness (QED) is 0.824. The van der Waals surface area contributed by atoms with Gasteiger partial charge in [0.1, 0.15) is 5.78 Å². The summed E-state index contributed by atoms with van der Waals surface area (Å²) in [5.41, 5.74) is 3.29. The summed E-state index contributed by atoms with van der Waals surface area (Å²) in [6, 6.07) is 8.28. The maximum Gasteiger partial charge on any atom is 0.143 e. The van der Waals surface area contributed by atoms with Gasteiger partial charge in [0.25, 0.3) is 0 Å². The predicted octanol–water partition coefficient (Wildman–Crippen LogP) is 3.37. The molecule has 1 aromatic heterocycles. The molecule has 0 unspecified atom stereocenters. The van der Waals surface area contributed by atoms with Crippen molar-refractivity contribution in [2.45, 2.75) is 33.1 Å².